The monoisotopic (exact) mass is 619 g/mol. The fourth-order valence-electron chi connectivity index (χ4n) is 4.65. The van der Waals surface area contributed by atoms with Gasteiger partial charge in [-0.3, -0.25) is 0 Å². The Balaban J connectivity index is 0.000000401. The third-order valence-electron chi connectivity index (χ3n) is 7.67. The molecule has 0 aromatic heterocycles. The molecule has 2 heteroatoms. The summed E-state index contributed by atoms with van der Waals surface area (Å²) in [4.78, 5) is 0. The summed E-state index contributed by atoms with van der Waals surface area (Å²) in [6.07, 6.45) is 0. The molecule has 0 heterocycles. The predicted octanol–water partition coefficient (Wildman–Crippen LogP) is 8.90. The Kier molecular flexibility index (Phi) is 14.5. The Bertz CT molecular complexity index is 1130. The molecule has 0 aliphatic heterocycles. The molecule has 0 N–H and O–H groups in total. The zero-order chi connectivity index (χ0) is 29.9. The van der Waals surface area contributed by atoms with E-state index in [1.807, 2.05) is 0 Å². The first-order valence-electron chi connectivity index (χ1n) is 14.8. The van der Waals surface area contributed by atoms with Gasteiger partial charge in [-0.2, -0.15) is 0 Å². The maximum Gasteiger partial charge on any atom is 1.00 e. The van der Waals surface area contributed by atoms with Gasteiger partial charge in [-0.25, -0.2) is 0 Å². The van der Waals surface area contributed by atoms with E-state index in [2.05, 4.69) is 180 Å². The van der Waals surface area contributed by atoms with Gasteiger partial charge >= 0.3 is 51.4 Å². The van der Waals surface area contributed by atoms with Crippen molar-refractivity contribution in [1.29, 1.82) is 0 Å². The van der Waals surface area contributed by atoms with Crippen molar-refractivity contribution in [2.24, 2.45) is 0 Å². The zero-order valence-electron chi connectivity index (χ0n) is 28.7. The maximum atomic E-state index is 2.25. The van der Waals surface area contributed by atoms with Crippen molar-refractivity contribution in [2.75, 3.05) is 0 Å². The van der Waals surface area contributed by atoms with Gasteiger partial charge in [0.15, 0.2) is 0 Å². The standard InChI is InChI=1S/2C20H26.K.Ti/c2*1-19(2,3)17-11-7-15(8-12-17)16-9-13-18(14-10-16)20(4,5)6;;/h2*7-14H,1-6H3;;/q;;+1;. The molecular formula is C40H52KTi+. The minimum atomic E-state index is 0. The van der Waals surface area contributed by atoms with E-state index in [1.54, 1.807) is 0 Å². The van der Waals surface area contributed by atoms with Gasteiger partial charge in [0, 0.05) is 21.7 Å². The number of hydrogen-bond acceptors (Lipinski definition) is 0. The van der Waals surface area contributed by atoms with Crippen LogP contribution in [0.5, 0.6) is 0 Å². The fourth-order valence-corrected chi connectivity index (χ4v) is 4.65. The molecule has 4 aromatic rings. The van der Waals surface area contributed by atoms with Gasteiger partial charge in [0.2, 0.25) is 0 Å². The number of rotatable bonds is 2. The van der Waals surface area contributed by atoms with Crippen LogP contribution in [0.15, 0.2) is 97.1 Å². The van der Waals surface area contributed by atoms with E-state index in [0.29, 0.717) is 0 Å². The van der Waals surface area contributed by atoms with Gasteiger partial charge in [-0.05, 0) is 66.2 Å². The smallest absolute Gasteiger partial charge is 0.0579 e. The first-order chi connectivity index (χ1) is 18.4. The van der Waals surface area contributed by atoms with Crippen LogP contribution >= 0.6 is 0 Å². The molecule has 4 aromatic carbocycles. The molecule has 42 heavy (non-hydrogen) atoms. The summed E-state index contributed by atoms with van der Waals surface area (Å²) in [7, 11) is 0. The van der Waals surface area contributed by atoms with Crippen LogP contribution in [0.25, 0.3) is 22.3 Å². The van der Waals surface area contributed by atoms with Crippen molar-refractivity contribution < 1.29 is 73.1 Å². The van der Waals surface area contributed by atoms with Crippen LogP contribution in [0.2, 0.25) is 0 Å². The Labute approximate surface area is 315 Å². The third-order valence-corrected chi connectivity index (χ3v) is 7.67. The van der Waals surface area contributed by atoms with Crippen LogP contribution in [-0.4, -0.2) is 0 Å². The van der Waals surface area contributed by atoms with E-state index < -0.39 is 0 Å². The van der Waals surface area contributed by atoms with Crippen molar-refractivity contribution in [3.8, 4) is 22.3 Å². The van der Waals surface area contributed by atoms with E-state index in [1.165, 1.54) is 44.5 Å². The minimum Gasteiger partial charge on any atom is -0.0579 e. The summed E-state index contributed by atoms with van der Waals surface area (Å²) in [6.45, 7) is 27.0. The molecule has 0 saturated heterocycles. The van der Waals surface area contributed by atoms with Gasteiger partial charge in [0.25, 0.3) is 0 Å². The van der Waals surface area contributed by atoms with Crippen LogP contribution in [0.3, 0.4) is 0 Å². The normalized spacial score (nSPS) is 11.9. The zero-order valence-corrected chi connectivity index (χ0v) is 33.4. The average molecular weight is 620 g/mol. The molecular weight excluding hydrogens is 567 g/mol. The fraction of sp³-hybridized carbons (Fsp3) is 0.400. The molecule has 0 radical (unpaired) electrons. The quantitative estimate of drug-likeness (QED) is 0.197. The van der Waals surface area contributed by atoms with Crippen LogP contribution in [0, 0.1) is 0 Å². The van der Waals surface area contributed by atoms with Crippen LogP contribution in [0.4, 0.5) is 0 Å². The van der Waals surface area contributed by atoms with Crippen LogP contribution in [-0.2, 0) is 43.4 Å². The summed E-state index contributed by atoms with van der Waals surface area (Å²) in [5.41, 5.74) is 11.6. The largest absolute Gasteiger partial charge is 1.00 e. The molecule has 0 bridgehead atoms. The molecule has 0 aliphatic rings. The molecule has 0 saturated carbocycles. The van der Waals surface area contributed by atoms with E-state index >= 15 is 0 Å². The van der Waals surface area contributed by atoms with Crippen molar-refractivity contribution in [1.82, 2.24) is 0 Å². The van der Waals surface area contributed by atoms with E-state index in [-0.39, 0.29) is 94.8 Å². The molecule has 0 aliphatic carbocycles. The first-order valence-corrected chi connectivity index (χ1v) is 14.8. The maximum absolute atomic E-state index is 2.25. The van der Waals surface area contributed by atoms with Gasteiger partial charge in [-0.1, -0.05) is 180 Å². The van der Waals surface area contributed by atoms with E-state index in [9.17, 15) is 0 Å². The summed E-state index contributed by atoms with van der Waals surface area (Å²) < 4.78 is 0. The Morgan fingerprint density at radius 1 is 0.262 bits per heavy atom. The van der Waals surface area contributed by atoms with Crippen molar-refractivity contribution in [3.05, 3.63) is 119 Å². The van der Waals surface area contributed by atoms with Crippen molar-refractivity contribution in [2.45, 2.75) is 105 Å². The number of hydrogen-bond donors (Lipinski definition) is 0. The average Bonchev–Trinajstić information content (AvgIpc) is 2.87. The first kappa shape index (κ1) is 39.3. The van der Waals surface area contributed by atoms with Gasteiger partial charge < -0.3 is 0 Å². The molecule has 0 atom stereocenters. The summed E-state index contributed by atoms with van der Waals surface area (Å²) in [5.74, 6) is 0. The number of benzene rings is 4. The predicted molar refractivity (Wildman–Crippen MR) is 179 cm³/mol. The molecule has 0 nitrogen and oxygen atoms in total. The molecule has 0 unspecified atom stereocenters. The van der Waals surface area contributed by atoms with Gasteiger partial charge in [-0.15, -0.1) is 0 Å². The Morgan fingerprint density at radius 3 is 0.476 bits per heavy atom. The topological polar surface area (TPSA) is 0 Å². The summed E-state index contributed by atoms with van der Waals surface area (Å²) in [6, 6.07) is 35.8. The van der Waals surface area contributed by atoms with E-state index in [4.69, 9.17) is 0 Å². The second-order valence-electron chi connectivity index (χ2n) is 15.3. The SMILES string of the molecule is CC(C)(C)c1ccc(-c2ccc(C(C)(C)C)cc2)cc1.CC(C)(C)c1ccc(-c2ccc(C(C)(C)C)cc2)cc1.[K+].[Ti]. The Hall–Kier alpha value is -0.769. The van der Waals surface area contributed by atoms with Crippen LogP contribution in [0.1, 0.15) is 105 Å². The van der Waals surface area contributed by atoms with Crippen molar-refractivity contribution >= 4 is 0 Å². The second-order valence-corrected chi connectivity index (χ2v) is 15.3. The molecule has 4 rings (SSSR count). The molecule has 0 spiro atoms. The van der Waals surface area contributed by atoms with Crippen LogP contribution < -0.4 is 51.4 Å². The molecule has 0 amide bonds. The van der Waals surface area contributed by atoms with Crippen molar-refractivity contribution in [3.63, 3.8) is 0 Å². The molecule has 0 fully saturated rings. The van der Waals surface area contributed by atoms with E-state index in [0.717, 1.165) is 0 Å². The summed E-state index contributed by atoms with van der Waals surface area (Å²) >= 11 is 0. The van der Waals surface area contributed by atoms with Gasteiger partial charge in [0.1, 0.15) is 0 Å². The second kappa shape index (κ2) is 15.5. The molecule has 216 valence electrons. The third kappa shape index (κ3) is 11.3. The minimum absolute atomic E-state index is 0. The Morgan fingerprint density at radius 2 is 0.381 bits per heavy atom. The van der Waals surface area contributed by atoms with Gasteiger partial charge in [0.05, 0.1) is 0 Å². The summed E-state index contributed by atoms with van der Waals surface area (Å²) in [5, 5.41) is 0.